The predicted molar refractivity (Wildman–Crippen MR) is 81.0 cm³/mol. The summed E-state index contributed by atoms with van der Waals surface area (Å²) in [6.45, 7) is 0.0180. The number of rotatable bonds is 5. The van der Waals surface area contributed by atoms with Crippen molar-refractivity contribution >= 4 is 5.91 Å². The maximum atomic E-state index is 13.2. The largest absolute Gasteiger partial charge is 0.489 e. The summed E-state index contributed by atoms with van der Waals surface area (Å²) in [6.07, 6.45) is 0. The minimum absolute atomic E-state index is 0.000694. The van der Waals surface area contributed by atoms with E-state index in [1.54, 1.807) is 24.3 Å². The molecule has 0 saturated heterocycles. The van der Waals surface area contributed by atoms with Gasteiger partial charge in [-0.1, -0.05) is 24.3 Å². The first kappa shape index (κ1) is 15.6. The SMILES string of the molecule is NC(=O)c1n[nH]nc1-c1ccccc1COc1cc(F)cc(F)c1. The summed E-state index contributed by atoms with van der Waals surface area (Å²) >= 11 is 0. The molecule has 0 unspecified atom stereocenters. The van der Waals surface area contributed by atoms with E-state index in [2.05, 4.69) is 15.4 Å². The number of amides is 1. The monoisotopic (exact) mass is 330 g/mol. The van der Waals surface area contributed by atoms with E-state index in [1.165, 1.54) is 0 Å². The topological polar surface area (TPSA) is 93.9 Å². The fourth-order valence-corrected chi connectivity index (χ4v) is 2.24. The minimum Gasteiger partial charge on any atom is -0.489 e. The Morgan fingerprint density at radius 2 is 1.83 bits per heavy atom. The molecule has 0 atom stereocenters. The quantitative estimate of drug-likeness (QED) is 0.751. The van der Waals surface area contributed by atoms with Crippen molar-refractivity contribution in [3.05, 3.63) is 65.4 Å². The summed E-state index contributed by atoms with van der Waals surface area (Å²) in [5, 5.41) is 10.0. The lowest BCUT2D eigenvalue weighted by atomic mass is 10.0. The van der Waals surface area contributed by atoms with Crippen molar-refractivity contribution < 1.29 is 18.3 Å². The summed E-state index contributed by atoms with van der Waals surface area (Å²) in [7, 11) is 0. The number of nitrogens with two attached hydrogens (primary N) is 1. The van der Waals surface area contributed by atoms with Crippen LogP contribution in [0.3, 0.4) is 0 Å². The van der Waals surface area contributed by atoms with Crippen LogP contribution in [-0.2, 0) is 6.61 Å². The van der Waals surface area contributed by atoms with Gasteiger partial charge in [0, 0.05) is 23.8 Å². The summed E-state index contributed by atoms with van der Waals surface area (Å²) in [5.74, 6) is -2.13. The average molecular weight is 330 g/mol. The number of aromatic nitrogens is 3. The van der Waals surface area contributed by atoms with Crippen molar-refractivity contribution in [1.82, 2.24) is 15.4 Å². The van der Waals surface area contributed by atoms with Crippen molar-refractivity contribution in [3.8, 4) is 17.0 Å². The summed E-state index contributed by atoms with van der Waals surface area (Å²) in [5.41, 5.74) is 6.78. The number of H-pyrrole nitrogens is 1. The Balaban J connectivity index is 1.89. The Kier molecular flexibility index (Phi) is 4.19. The number of halogens is 2. The summed E-state index contributed by atoms with van der Waals surface area (Å²) in [4.78, 5) is 11.4. The molecule has 1 aromatic heterocycles. The minimum atomic E-state index is -0.731. The van der Waals surface area contributed by atoms with Crippen molar-refractivity contribution in [2.75, 3.05) is 0 Å². The molecule has 1 amide bonds. The maximum absolute atomic E-state index is 13.2. The third-order valence-electron chi connectivity index (χ3n) is 3.28. The standard InChI is InChI=1S/C16H12F2N4O2/c17-10-5-11(18)7-12(6-10)24-8-9-3-1-2-4-13(9)14-15(16(19)23)21-22-20-14/h1-7H,8H2,(H2,19,23)(H,20,21,22). The summed E-state index contributed by atoms with van der Waals surface area (Å²) in [6, 6.07) is 9.89. The highest BCUT2D eigenvalue weighted by atomic mass is 19.1. The molecular formula is C16H12F2N4O2. The van der Waals surface area contributed by atoms with Gasteiger partial charge in [0.05, 0.1) is 0 Å². The molecule has 0 aliphatic rings. The number of hydrogen-bond donors (Lipinski definition) is 2. The summed E-state index contributed by atoms with van der Waals surface area (Å²) < 4.78 is 31.8. The van der Waals surface area contributed by atoms with E-state index >= 15 is 0 Å². The van der Waals surface area contributed by atoms with Crippen LogP contribution in [0, 0.1) is 11.6 Å². The second-order valence-corrected chi connectivity index (χ2v) is 4.94. The Hall–Kier alpha value is -3.29. The molecule has 6 nitrogen and oxygen atoms in total. The van der Waals surface area contributed by atoms with E-state index in [-0.39, 0.29) is 23.7 Å². The highest BCUT2D eigenvalue weighted by Crippen LogP contribution is 2.25. The van der Waals surface area contributed by atoms with E-state index in [9.17, 15) is 13.6 Å². The third-order valence-corrected chi connectivity index (χ3v) is 3.28. The number of aromatic amines is 1. The average Bonchev–Trinajstić information content (AvgIpc) is 3.02. The molecule has 0 aliphatic heterocycles. The van der Waals surface area contributed by atoms with Gasteiger partial charge in [-0.2, -0.15) is 15.4 Å². The first-order valence-corrected chi connectivity index (χ1v) is 6.92. The van der Waals surface area contributed by atoms with Crippen LogP contribution in [-0.4, -0.2) is 21.3 Å². The predicted octanol–water partition coefficient (Wildman–Crippen LogP) is 2.43. The molecular weight excluding hydrogens is 318 g/mol. The van der Waals surface area contributed by atoms with E-state index in [0.29, 0.717) is 11.1 Å². The first-order valence-electron chi connectivity index (χ1n) is 6.92. The molecule has 1 heterocycles. The molecule has 122 valence electrons. The molecule has 8 heteroatoms. The van der Waals surface area contributed by atoms with Gasteiger partial charge in [0.1, 0.15) is 29.7 Å². The number of primary amides is 1. The fourth-order valence-electron chi connectivity index (χ4n) is 2.24. The Morgan fingerprint density at radius 3 is 2.54 bits per heavy atom. The lowest BCUT2D eigenvalue weighted by Crippen LogP contribution is -2.13. The molecule has 3 rings (SSSR count). The van der Waals surface area contributed by atoms with Gasteiger partial charge in [0.2, 0.25) is 0 Å². The van der Waals surface area contributed by atoms with E-state index in [1.807, 2.05) is 0 Å². The highest BCUT2D eigenvalue weighted by Gasteiger charge is 2.18. The molecule has 0 aliphatic carbocycles. The molecule has 0 spiro atoms. The van der Waals surface area contributed by atoms with Crippen LogP contribution in [0.15, 0.2) is 42.5 Å². The van der Waals surface area contributed by atoms with Crippen molar-refractivity contribution in [2.24, 2.45) is 5.73 Å². The number of ether oxygens (including phenoxy) is 1. The number of carbonyl (C=O) groups excluding carboxylic acids is 1. The van der Waals surface area contributed by atoms with Gasteiger partial charge in [0.25, 0.3) is 5.91 Å². The van der Waals surface area contributed by atoms with Gasteiger partial charge in [-0.3, -0.25) is 4.79 Å². The molecule has 2 aromatic carbocycles. The number of benzene rings is 2. The van der Waals surface area contributed by atoms with Gasteiger partial charge in [-0.05, 0) is 5.56 Å². The lowest BCUT2D eigenvalue weighted by Gasteiger charge is -2.10. The van der Waals surface area contributed by atoms with Crippen LogP contribution in [0.1, 0.15) is 16.1 Å². The van der Waals surface area contributed by atoms with Gasteiger partial charge in [-0.25, -0.2) is 8.78 Å². The van der Waals surface area contributed by atoms with Gasteiger partial charge in [0.15, 0.2) is 5.69 Å². The zero-order valence-corrected chi connectivity index (χ0v) is 12.3. The second kappa shape index (κ2) is 6.45. The zero-order valence-electron chi connectivity index (χ0n) is 12.3. The van der Waals surface area contributed by atoms with Crippen molar-refractivity contribution in [3.63, 3.8) is 0 Å². The van der Waals surface area contributed by atoms with E-state index in [4.69, 9.17) is 10.5 Å². The number of nitrogens with one attached hydrogen (secondary N) is 1. The number of nitrogens with zero attached hydrogens (tertiary/aromatic N) is 2. The third kappa shape index (κ3) is 3.22. The Labute approximate surface area is 135 Å². The Bertz CT molecular complexity index is 875. The van der Waals surface area contributed by atoms with Crippen LogP contribution in [0.4, 0.5) is 8.78 Å². The molecule has 3 N–H and O–H groups in total. The molecule has 0 radical (unpaired) electrons. The van der Waals surface area contributed by atoms with E-state index < -0.39 is 17.5 Å². The second-order valence-electron chi connectivity index (χ2n) is 4.94. The van der Waals surface area contributed by atoms with E-state index in [0.717, 1.165) is 18.2 Å². The normalized spacial score (nSPS) is 10.6. The van der Waals surface area contributed by atoms with Gasteiger partial charge < -0.3 is 10.5 Å². The molecule has 3 aromatic rings. The molecule has 0 fully saturated rings. The van der Waals surface area contributed by atoms with Crippen LogP contribution in [0.25, 0.3) is 11.3 Å². The first-order chi connectivity index (χ1) is 11.5. The van der Waals surface area contributed by atoms with Gasteiger partial charge >= 0.3 is 0 Å². The zero-order chi connectivity index (χ0) is 17.1. The van der Waals surface area contributed by atoms with Gasteiger partial charge in [-0.15, -0.1) is 0 Å². The number of hydrogen-bond acceptors (Lipinski definition) is 4. The van der Waals surface area contributed by atoms with Crippen LogP contribution < -0.4 is 10.5 Å². The fraction of sp³-hybridized carbons (Fsp3) is 0.0625. The highest BCUT2D eigenvalue weighted by molar-refractivity contribution is 5.97. The van der Waals surface area contributed by atoms with Crippen LogP contribution in [0.2, 0.25) is 0 Å². The molecule has 0 bridgehead atoms. The number of carbonyl (C=O) groups is 1. The smallest absolute Gasteiger partial charge is 0.271 e. The van der Waals surface area contributed by atoms with Crippen molar-refractivity contribution in [2.45, 2.75) is 6.61 Å². The lowest BCUT2D eigenvalue weighted by molar-refractivity contribution is 0.0996. The van der Waals surface area contributed by atoms with Crippen LogP contribution in [0.5, 0.6) is 5.75 Å². The van der Waals surface area contributed by atoms with Crippen LogP contribution >= 0.6 is 0 Å². The molecule has 24 heavy (non-hydrogen) atoms. The Morgan fingerprint density at radius 1 is 1.12 bits per heavy atom. The van der Waals surface area contributed by atoms with Crippen molar-refractivity contribution in [1.29, 1.82) is 0 Å². The molecule has 0 saturated carbocycles. The maximum Gasteiger partial charge on any atom is 0.271 e.